The maximum absolute atomic E-state index is 13.8. The van der Waals surface area contributed by atoms with Gasteiger partial charge in [-0.3, -0.25) is 10.6 Å². The summed E-state index contributed by atoms with van der Waals surface area (Å²) >= 11 is 0. The average molecular weight is 1210 g/mol. The Hall–Kier alpha value is -5.98. The number of hydrogen-bond acceptors (Lipinski definition) is 13. The molecule has 5 spiro atoms. The maximum Gasteiger partial charge on any atom is 0.149 e. The van der Waals surface area contributed by atoms with Gasteiger partial charge in [-0.15, -0.1) is 0 Å². The summed E-state index contributed by atoms with van der Waals surface area (Å²) in [6.45, 7) is 1.45. The van der Waals surface area contributed by atoms with Crippen LogP contribution in [-0.4, -0.2) is 94.6 Å². The van der Waals surface area contributed by atoms with Crippen molar-refractivity contribution < 1.29 is 54.0 Å². The van der Waals surface area contributed by atoms with E-state index in [9.17, 15) is 25.5 Å². The number of fused-ring (bicyclic) bond motifs is 7. The number of methoxy groups -OCH3 is 1. The van der Waals surface area contributed by atoms with E-state index in [0.717, 1.165) is 71.2 Å². The molecule has 8 fully saturated rings. The molecule has 16 atom stereocenters. The van der Waals surface area contributed by atoms with Crippen LogP contribution in [0.3, 0.4) is 0 Å². The molecule has 7 N–H and O–H groups in total. The van der Waals surface area contributed by atoms with E-state index < -0.39 is 47.9 Å². The van der Waals surface area contributed by atoms with Gasteiger partial charge in [-0.25, -0.2) is 0 Å². The first kappa shape index (κ1) is 57.0. The number of phenolic OH excluding ortho intramolecular Hbond substituents is 3. The quantitative estimate of drug-likeness (QED) is 0.0399. The van der Waals surface area contributed by atoms with Gasteiger partial charge >= 0.3 is 0 Å². The zero-order chi connectivity index (χ0) is 60.0. The Balaban J connectivity index is 0.822. The van der Waals surface area contributed by atoms with Crippen molar-refractivity contribution in [2.75, 3.05) is 33.5 Å². The van der Waals surface area contributed by atoms with E-state index in [4.69, 9.17) is 33.7 Å². The molecule has 0 amide bonds. The molecule has 468 valence electrons. The molecular weight excluding hydrogens is 1120 g/mol. The summed E-state index contributed by atoms with van der Waals surface area (Å²) in [5.74, 6) is 9.78. The van der Waals surface area contributed by atoms with Crippen molar-refractivity contribution in [3.63, 3.8) is 0 Å². The molecule has 4 heterocycles. The minimum Gasteiger partial charge on any atom is -0.508 e. The SMILES string of the molecule is COCCCC1Oc2c3cc(c4cc(O)ccc24)OCC#CC2CNC4(CC5(CCCC5)C56CCC7(CCCC7CCC45)C6)NC24C2C=CC(C(O)C2)C4OC3C1C1COc2c(Cc3cc(O)ccc3-c3cccc(O)c3)cc(OC3CCCC3)cc2C1O. The van der Waals surface area contributed by atoms with Gasteiger partial charge in [-0.1, -0.05) is 61.5 Å². The molecule has 13 aliphatic rings. The molecule has 1 saturated heterocycles. The first-order valence-corrected chi connectivity index (χ1v) is 34.3. The highest BCUT2D eigenvalue weighted by Crippen LogP contribution is 2.80. The Kier molecular flexibility index (Phi) is 13.8. The van der Waals surface area contributed by atoms with E-state index in [2.05, 4.69) is 41.4 Å². The standard InChI is InChI=1S/C76H88N2O11/c1-84-30-9-16-63-66(61-41-86-68-46(35-54(38-59(68)67(61)83)87-53-14-2-3-15-53)32-45-34-51(80)19-22-55(45)44-10-6-13-50(79)33-44)70-60-39-64(58-37-52(81)20-23-56(58)69(60)88-63)85-31-8-12-49-40-77-75(78-76(49)48-17-21-57(62(82)36-48)71(76)89-70)43-73(26-4-5-27-73)74-29-28-72(42-74)25-7-11-47(72)18-24-65(74)75/h6,10,13,17,19-23,33-35,37-39,47-49,53,57,61-63,65-67,70-71,77-83H,2-5,7,9,11,14-16,18,24-32,36,40-43H2,1H3. The molecular formula is C76H88N2O11. The van der Waals surface area contributed by atoms with Gasteiger partial charge in [0.25, 0.3) is 0 Å². The van der Waals surface area contributed by atoms with Gasteiger partial charge in [0.15, 0.2) is 0 Å². The molecule has 13 heteroatoms. The number of benzene rings is 5. The molecule has 89 heavy (non-hydrogen) atoms. The number of nitrogens with one attached hydrogen (secondary N) is 2. The highest BCUT2D eigenvalue weighted by Gasteiger charge is 2.77. The highest BCUT2D eigenvalue weighted by molar-refractivity contribution is 5.96. The van der Waals surface area contributed by atoms with Crippen LogP contribution >= 0.6 is 0 Å². The Labute approximate surface area is 523 Å². The molecule has 0 aromatic heterocycles. The van der Waals surface area contributed by atoms with Crippen LogP contribution in [0.1, 0.15) is 163 Å². The van der Waals surface area contributed by atoms with Crippen molar-refractivity contribution in [3.05, 3.63) is 113 Å². The van der Waals surface area contributed by atoms with Gasteiger partial charge in [-0.2, -0.15) is 0 Å². The van der Waals surface area contributed by atoms with Crippen molar-refractivity contribution in [2.45, 2.75) is 183 Å². The van der Waals surface area contributed by atoms with Gasteiger partial charge in [0.05, 0.1) is 54.2 Å². The second kappa shape index (κ2) is 21.6. The molecule has 5 aromatic carbocycles. The average Bonchev–Trinajstić information content (AvgIpc) is 1.56. The molecule has 9 aliphatic carbocycles. The van der Waals surface area contributed by atoms with Crippen LogP contribution in [0.2, 0.25) is 0 Å². The number of rotatable bonds is 10. The number of aromatic hydroxyl groups is 3. The molecule has 4 aliphatic heterocycles. The third-order valence-corrected chi connectivity index (χ3v) is 25.9. The van der Waals surface area contributed by atoms with Crippen LogP contribution in [0.15, 0.2) is 91.0 Å². The smallest absolute Gasteiger partial charge is 0.149 e. The zero-order valence-electron chi connectivity index (χ0n) is 51.5. The first-order chi connectivity index (χ1) is 43.4. The minimum absolute atomic E-state index is 0.0300. The third-order valence-electron chi connectivity index (χ3n) is 25.9. The summed E-state index contributed by atoms with van der Waals surface area (Å²) in [7, 11) is 1.73. The van der Waals surface area contributed by atoms with Gasteiger partial charge < -0.3 is 54.0 Å². The molecule has 13 nitrogen and oxygen atoms in total. The van der Waals surface area contributed by atoms with E-state index in [1.54, 1.807) is 43.5 Å². The predicted molar refractivity (Wildman–Crippen MR) is 338 cm³/mol. The maximum atomic E-state index is 13.8. The van der Waals surface area contributed by atoms with Crippen molar-refractivity contribution in [3.8, 4) is 63.2 Å². The van der Waals surface area contributed by atoms with Crippen LogP contribution < -0.4 is 29.6 Å². The molecule has 5 aromatic rings. The van der Waals surface area contributed by atoms with Gasteiger partial charge in [-0.05, 0) is 215 Å². The fourth-order valence-corrected chi connectivity index (χ4v) is 22.3. The number of hydrogen-bond donors (Lipinski definition) is 7. The zero-order valence-corrected chi connectivity index (χ0v) is 51.5. The third kappa shape index (κ3) is 8.82. The Morgan fingerprint density at radius 1 is 0.753 bits per heavy atom. The van der Waals surface area contributed by atoms with Gasteiger partial charge in [0, 0.05) is 77.8 Å². The number of aliphatic hydroxyl groups excluding tert-OH is 2. The summed E-state index contributed by atoms with van der Waals surface area (Å²) in [5, 5.41) is 70.1. The largest absolute Gasteiger partial charge is 0.508 e. The Morgan fingerprint density at radius 2 is 1.61 bits per heavy atom. The molecule has 0 radical (unpaired) electrons. The van der Waals surface area contributed by atoms with Crippen molar-refractivity contribution in [1.82, 2.24) is 10.6 Å². The lowest BCUT2D eigenvalue weighted by Gasteiger charge is -2.65. The topological polar surface area (TPSA) is 181 Å². The summed E-state index contributed by atoms with van der Waals surface area (Å²) in [6, 6.07) is 24.0. The summed E-state index contributed by atoms with van der Waals surface area (Å²) < 4.78 is 42.9. The minimum atomic E-state index is -1.08. The van der Waals surface area contributed by atoms with E-state index in [-0.39, 0.29) is 70.8 Å². The lowest BCUT2D eigenvalue weighted by molar-refractivity contribution is -0.211. The monoisotopic (exact) mass is 1200 g/mol. The van der Waals surface area contributed by atoms with Crippen LogP contribution in [0.5, 0.6) is 40.2 Å². The fraction of sp³-hybridized carbons (Fsp3) is 0.579. The molecule has 18 rings (SSSR count). The lowest BCUT2D eigenvalue weighted by atomic mass is 9.54. The summed E-state index contributed by atoms with van der Waals surface area (Å²) in [6.07, 6.45) is 24.5. The summed E-state index contributed by atoms with van der Waals surface area (Å²) in [5.41, 5.74) is 4.64. The Bertz CT molecular complexity index is 3690. The van der Waals surface area contributed by atoms with Crippen molar-refractivity contribution in [1.29, 1.82) is 0 Å². The van der Waals surface area contributed by atoms with Crippen LogP contribution in [-0.2, 0) is 15.9 Å². The van der Waals surface area contributed by atoms with Crippen LogP contribution in [0.25, 0.3) is 21.9 Å². The van der Waals surface area contributed by atoms with E-state index in [1.807, 2.05) is 30.3 Å². The van der Waals surface area contributed by atoms with Gasteiger partial charge in [0.1, 0.15) is 53.0 Å². The van der Waals surface area contributed by atoms with E-state index in [1.165, 1.54) is 77.0 Å². The van der Waals surface area contributed by atoms with E-state index in [0.29, 0.717) is 84.1 Å². The van der Waals surface area contributed by atoms with Crippen molar-refractivity contribution in [2.24, 2.45) is 57.7 Å². The second-order valence-electron chi connectivity index (χ2n) is 29.9. The van der Waals surface area contributed by atoms with Crippen molar-refractivity contribution >= 4 is 10.8 Å². The molecule has 7 saturated carbocycles. The summed E-state index contributed by atoms with van der Waals surface area (Å²) in [4.78, 5) is 0. The lowest BCUT2D eigenvalue weighted by Crippen LogP contribution is -2.83. The normalized spacial score (nSPS) is 37.6. The molecule has 6 bridgehead atoms. The fourth-order valence-electron chi connectivity index (χ4n) is 22.3. The Morgan fingerprint density at radius 3 is 2.46 bits per heavy atom. The number of phenols is 3. The van der Waals surface area contributed by atoms with Gasteiger partial charge in [0.2, 0.25) is 0 Å². The number of ether oxygens (including phenoxy) is 6. The first-order valence-electron chi connectivity index (χ1n) is 34.3. The van der Waals surface area contributed by atoms with E-state index >= 15 is 0 Å². The highest BCUT2D eigenvalue weighted by atomic mass is 16.5. The number of aliphatic hydroxyl groups is 2. The predicted octanol–water partition coefficient (Wildman–Crippen LogP) is 13.0. The van der Waals surface area contributed by atoms with Crippen LogP contribution in [0.4, 0.5) is 0 Å². The molecule has 16 unspecified atom stereocenters. The van der Waals surface area contributed by atoms with Crippen LogP contribution in [0, 0.1) is 69.5 Å². The second-order valence-corrected chi connectivity index (χ2v) is 29.9.